The minimum atomic E-state index is -4.32. The van der Waals surface area contributed by atoms with E-state index in [2.05, 4.69) is 9.97 Å². The zero-order valence-corrected chi connectivity index (χ0v) is 7.83. The molecule has 2 nitrogen and oxygen atoms in total. The molecule has 0 aromatic carbocycles. The normalized spacial score (nSPS) is 11.8. The molecule has 1 heterocycles. The zero-order valence-electron chi connectivity index (χ0n) is 7.01. The van der Waals surface area contributed by atoms with Crippen LogP contribution in [0.3, 0.4) is 0 Å². The van der Waals surface area contributed by atoms with E-state index in [4.69, 9.17) is 0 Å². The predicted molar refractivity (Wildman–Crippen MR) is 43.4 cm³/mol. The summed E-state index contributed by atoms with van der Waals surface area (Å²) in [6.45, 7) is 3.27. The number of aryl methyl sites for hydroxylation is 2. The maximum Gasteiger partial charge on any atom is 0.449 e. The van der Waals surface area contributed by atoms with Crippen molar-refractivity contribution in [1.82, 2.24) is 9.97 Å². The highest BCUT2D eigenvalue weighted by Crippen LogP contribution is 2.34. The Balaban J connectivity index is 2.90. The van der Waals surface area contributed by atoms with Gasteiger partial charge in [0.25, 0.3) is 0 Å². The van der Waals surface area contributed by atoms with Crippen LogP contribution in [-0.4, -0.2) is 15.5 Å². The first kappa shape index (κ1) is 10.3. The Morgan fingerprint density at radius 3 is 2.00 bits per heavy atom. The van der Waals surface area contributed by atoms with E-state index in [1.54, 1.807) is 19.9 Å². The number of alkyl halides is 3. The molecule has 0 unspecified atom stereocenters. The lowest BCUT2D eigenvalue weighted by Gasteiger charge is -2.04. The molecule has 6 heteroatoms. The maximum absolute atomic E-state index is 11.9. The van der Waals surface area contributed by atoms with Gasteiger partial charge >= 0.3 is 5.51 Å². The fraction of sp³-hybridized carbons (Fsp3) is 0.429. The lowest BCUT2D eigenvalue weighted by molar-refractivity contribution is -0.0331. The number of nitrogens with zero attached hydrogens (tertiary/aromatic N) is 2. The summed E-state index contributed by atoms with van der Waals surface area (Å²) < 4.78 is 35.7. The van der Waals surface area contributed by atoms with Gasteiger partial charge in [0.1, 0.15) is 0 Å². The minimum Gasteiger partial charge on any atom is -0.228 e. The van der Waals surface area contributed by atoms with Gasteiger partial charge in [0.15, 0.2) is 5.16 Å². The summed E-state index contributed by atoms with van der Waals surface area (Å²) in [4.78, 5) is 7.30. The summed E-state index contributed by atoms with van der Waals surface area (Å²) >= 11 is -0.293. The van der Waals surface area contributed by atoms with E-state index in [0.717, 1.165) is 0 Å². The zero-order chi connectivity index (χ0) is 10.1. The van der Waals surface area contributed by atoms with Crippen LogP contribution in [0.5, 0.6) is 0 Å². The minimum absolute atomic E-state index is 0.245. The Hall–Kier alpha value is -0.780. The SMILES string of the molecule is Cc1cc(C)nc(SC(F)(F)F)n1. The van der Waals surface area contributed by atoms with Gasteiger partial charge in [-0.1, -0.05) is 0 Å². The molecule has 13 heavy (non-hydrogen) atoms. The third-order valence-corrected chi connectivity index (χ3v) is 1.77. The first-order chi connectivity index (χ1) is 5.87. The molecule has 0 aliphatic carbocycles. The highest BCUT2D eigenvalue weighted by atomic mass is 32.2. The average Bonchev–Trinajstić information content (AvgIpc) is 1.78. The Morgan fingerprint density at radius 1 is 1.15 bits per heavy atom. The molecule has 72 valence electrons. The van der Waals surface area contributed by atoms with Crippen LogP contribution in [0.25, 0.3) is 0 Å². The number of rotatable bonds is 1. The molecule has 0 saturated heterocycles. The third-order valence-electron chi connectivity index (χ3n) is 1.17. The van der Waals surface area contributed by atoms with Gasteiger partial charge in [-0.3, -0.25) is 0 Å². The Kier molecular flexibility index (Phi) is 2.80. The van der Waals surface area contributed by atoms with Crippen LogP contribution in [0.15, 0.2) is 11.2 Å². The summed E-state index contributed by atoms with van der Waals surface area (Å²) in [6.07, 6.45) is 0. The Morgan fingerprint density at radius 2 is 1.62 bits per heavy atom. The van der Waals surface area contributed by atoms with Crippen molar-refractivity contribution in [3.63, 3.8) is 0 Å². The molecule has 0 spiro atoms. The van der Waals surface area contributed by atoms with Crippen molar-refractivity contribution in [2.45, 2.75) is 24.5 Å². The van der Waals surface area contributed by atoms with E-state index in [1.165, 1.54) is 0 Å². The standard InChI is InChI=1S/C7H7F3N2S/c1-4-3-5(2)12-6(11-4)13-7(8,9)10/h3H,1-2H3. The van der Waals surface area contributed by atoms with Crippen molar-refractivity contribution in [1.29, 1.82) is 0 Å². The smallest absolute Gasteiger partial charge is 0.228 e. The monoisotopic (exact) mass is 208 g/mol. The first-order valence-electron chi connectivity index (χ1n) is 3.45. The van der Waals surface area contributed by atoms with Gasteiger partial charge in [-0.2, -0.15) is 13.2 Å². The van der Waals surface area contributed by atoms with Crippen LogP contribution in [0.1, 0.15) is 11.4 Å². The van der Waals surface area contributed by atoms with E-state index in [0.29, 0.717) is 11.4 Å². The van der Waals surface area contributed by atoms with E-state index in [-0.39, 0.29) is 16.9 Å². The van der Waals surface area contributed by atoms with Gasteiger partial charge in [-0.25, -0.2) is 9.97 Å². The molecule has 1 aromatic heterocycles. The number of hydrogen-bond acceptors (Lipinski definition) is 3. The first-order valence-corrected chi connectivity index (χ1v) is 4.26. The second-order valence-corrected chi connectivity index (χ2v) is 3.51. The van der Waals surface area contributed by atoms with Gasteiger partial charge in [-0.15, -0.1) is 0 Å². The van der Waals surface area contributed by atoms with Crippen molar-refractivity contribution in [3.8, 4) is 0 Å². The molecule has 0 aliphatic heterocycles. The van der Waals surface area contributed by atoms with Gasteiger partial charge in [0, 0.05) is 23.1 Å². The molecule has 0 saturated carbocycles. The quantitative estimate of drug-likeness (QED) is 0.524. The van der Waals surface area contributed by atoms with Crippen LogP contribution < -0.4 is 0 Å². The topological polar surface area (TPSA) is 25.8 Å². The predicted octanol–water partition coefficient (Wildman–Crippen LogP) is 2.71. The second kappa shape index (κ2) is 3.53. The third kappa shape index (κ3) is 3.63. The van der Waals surface area contributed by atoms with E-state index in [9.17, 15) is 13.2 Å². The lowest BCUT2D eigenvalue weighted by atomic mass is 10.4. The summed E-state index contributed by atoms with van der Waals surface area (Å²) in [5.74, 6) is 0. The van der Waals surface area contributed by atoms with Gasteiger partial charge in [-0.05, 0) is 19.9 Å². The van der Waals surface area contributed by atoms with Crippen molar-refractivity contribution < 1.29 is 13.2 Å². The Labute approximate surface area is 77.6 Å². The van der Waals surface area contributed by atoms with Crippen LogP contribution in [0.2, 0.25) is 0 Å². The van der Waals surface area contributed by atoms with Crippen molar-refractivity contribution in [2.75, 3.05) is 0 Å². The lowest BCUT2D eigenvalue weighted by Crippen LogP contribution is -2.03. The molecule has 0 radical (unpaired) electrons. The molecule has 0 atom stereocenters. The van der Waals surface area contributed by atoms with Crippen LogP contribution >= 0.6 is 11.8 Å². The molecule has 0 aliphatic rings. The fourth-order valence-corrected chi connectivity index (χ4v) is 1.43. The molecular formula is C7H7F3N2S. The summed E-state index contributed by atoms with van der Waals surface area (Å²) in [7, 11) is 0. The van der Waals surface area contributed by atoms with Gasteiger partial charge in [0.05, 0.1) is 0 Å². The highest BCUT2D eigenvalue weighted by Gasteiger charge is 2.31. The number of halogens is 3. The average molecular weight is 208 g/mol. The van der Waals surface area contributed by atoms with Crippen LogP contribution in [0, 0.1) is 13.8 Å². The van der Waals surface area contributed by atoms with Crippen molar-refractivity contribution in [2.24, 2.45) is 0 Å². The molecule has 0 bridgehead atoms. The van der Waals surface area contributed by atoms with Crippen LogP contribution in [-0.2, 0) is 0 Å². The van der Waals surface area contributed by atoms with Gasteiger partial charge < -0.3 is 0 Å². The van der Waals surface area contributed by atoms with E-state index >= 15 is 0 Å². The molecular weight excluding hydrogens is 201 g/mol. The number of aromatic nitrogens is 2. The maximum atomic E-state index is 11.9. The number of hydrogen-bond donors (Lipinski definition) is 0. The highest BCUT2D eigenvalue weighted by molar-refractivity contribution is 8.00. The summed E-state index contributed by atoms with van der Waals surface area (Å²) in [5.41, 5.74) is -3.24. The Bertz CT molecular complexity index is 291. The second-order valence-electron chi connectivity index (χ2n) is 2.48. The molecule has 1 rings (SSSR count). The fourth-order valence-electron chi connectivity index (χ4n) is 0.843. The van der Waals surface area contributed by atoms with Crippen molar-refractivity contribution >= 4 is 11.8 Å². The van der Waals surface area contributed by atoms with E-state index < -0.39 is 5.51 Å². The van der Waals surface area contributed by atoms with Crippen LogP contribution in [0.4, 0.5) is 13.2 Å². The van der Waals surface area contributed by atoms with Crippen molar-refractivity contribution in [3.05, 3.63) is 17.5 Å². The molecule has 0 N–H and O–H groups in total. The summed E-state index contributed by atoms with van der Waals surface area (Å²) in [6, 6.07) is 1.63. The van der Waals surface area contributed by atoms with E-state index in [1.807, 2.05) is 0 Å². The largest absolute Gasteiger partial charge is 0.449 e. The molecule has 1 aromatic rings. The number of thioether (sulfide) groups is 1. The molecule has 0 amide bonds. The molecule has 0 fully saturated rings. The van der Waals surface area contributed by atoms with Gasteiger partial charge in [0.2, 0.25) is 0 Å². The summed E-state index contributed by atoms with van der Waals surface area (Å²) in [5, 5.41) is -0.245.